The maximum Gasteiger partial charge on any atom is 0.490 e. The Balaban J connectivity index is 0.000000876. The molecular weight excluding hydrogens is 609 g/mol. The normalized spacial score (nSPS) is 14.8. The second kappa shape index (κ2) is 15.3. The number of nitrogens with zero attached hydrogens (tertiary/aromatic N) is 2. The molecule has 1 aromatic heterocycles. The highest BCUT2D eigenvalue weighted by molar-refractivity contribution is 7.59. The molecule has 0 radical (unpaired) electrons. The fraction of sp³-hybridized carbons (Fsp3) is 0.280. The maximum atomic E-state index is 13.3. The fourth-order valence-corrected chi connectivity index (χ4v) is 3.92. The first-order chi connectivity index (χ1) is 18.8. The van der Waals surface area contributed by atoms with Gasteiger partial charge in [0.25, 0.3) is 0 Å². The molecule has 2 aromatic carbocycles. The van der Waals surface area contributed by atoms with Crippen LogP contribution in [0.4, 0.5) is 32.4 Å². The van der Waals surface area contributed by atoms with Gasteiger partial charge in [-0.05, 0) is 55.2 Å². The zero-order valence-electron chi connectivity index (χ0n) is 21.5. The molecule has 0 unspecified atom stereocenters. The van der Waals surface area contributed by atoms with Crippen molar-refractivity contribution >= 4 is 61.6 Å². The van der Waals surface area contributed by atoms with E-state index in [1.54, 1.807) is 24.4 Å². The Hall–Kier alpha value is -4.01. The number of halogens is 5. The van der Waals surface area contributed by atoms with Crippen LogP contribution in [0.25, 0.3) is 10.9 Å². The van der Waals surface area contributed by atoms with Crippen LogP contribution in [0.3, 0.4) is 0 Å². The van der Waals surface area contributed by atoms with Gasteiger partial charge in [-0.3, -0.25) is 10.1 Å². The second-order valence-corrected chi connectivity index (χ2v) is 8.60. The Morgan fingerprint density at radius 1 is 1.17 bits per heavy atom. The third-order valence-electron chi connectivity index (χ3n) is 5.80. The van der Waals surface area contributed by atoms with Crippen LogP contribution in [-0.4, -0.2) is 57.8 Å². The van der Waals surface area contributed by atoms with Gasteiger partial charge in [0.05, 0.1) is 12.1 Å². The van der Waals surface area contributed by atoms with E-state index in [-0.39, 0.29) is 50.8 Å². The van der Waals surface area contributed by atoms with Gasteiger partial charge in [-0.15, -0.1) is 0 Å². The fourth-order valence-electron chi connectivity index (χ4n) is 3.92. The molecular formula is C25H26F5N5O5S2. The number of nitrogens with two attached hydrogens (primary N) is 1. The van der Waals surface area contributed by atoms with Gasteiger partial charge in [-0.2, -0.15) is 45.4 Å². The second-order valence-electron chi connectivity index (χ2n) is 8.60. The Labute approximate surface area is 249 Å². The number of anilines is 1. The minimum absolute atomic E-state index is 0. The number of nitrogens with one attached hydrogen (secondary N) is 2. The molecule has 1 aliphatic heterocycles. The number of likely N-dealkylation sites (tertiary alicyclic amines) is 1. The highest BCUT2D eigenvalue weighted by atomic mass is 32.1. The van der Waals surface area contributed by atoms with Gasteiger partial charge < -0.3 is 25.5 Å². The van der Waals surface area contributed by atoms with Crippen molar-refractivity contribution in [2.75, 3.05) is 11.9 Å². The summed E-state index contributed by atoms with van der Waals surface area (Å²) in [6.45, 7) is 0.518. The average Bonchev–Trinajstić information content (AvgIpc) is 3.52. The first-order valence-electron chi connectivity index (χ1n) is 11.6. The molecule has 42 heavy (non-hydrogen) atoms. The van der Waals surface area contributed by atoms with Crippen molar-refractivity contribution in [3.05, 3.63) is 59.8 Å². The largest absolute Gasteiger partial charge is 0.490 e. The van der Waals surface area contributed by atoms with E-state index in [4.69, 9.17) is 20.4 Å². The lowest BCUT2D eigenvalue weighted by molar-refractivity contribution is -0.192. The first kappa shape index (κ1) is 36.0. The number of carbonyl (C=O) groups is 3. The Morgan fingerprint density at radius 2 is 1.83 bits per heavy atom. The van der Waals surface area contributed by atoms with Crippen molar-refractivity contribution in [2.45, 2.75) is 37.5 Å². The summed E-state index contributed by atoms with van der Waals surface area (Å²) in [6, 6.07) is 8.73. The van der Waals surface area contributed by atoms with Crippen molar-refractivity contribution in [3.8, 4) is 11.8 Å². The molecule has 0 spiro atoms. The van der Waals surface area contributed by atoms with Crippen LogP contribution in [-0.2, 0) is 16.0 Å². The molecule has 17 heteroatoms. The van der Waals surface area contributed by atoms with Crippen molar-refractivity contribution in [1.82, 2.24) is 9.88 Å². The van der Waals surface area contributed by atoms with E-state index in [1.807, 2.05) is 0 Å². The number of alkyl halides is 3. The number of carboxylic acid groups (broad SMARTS) is 1. The predicted octanol–water partition coefficient (Wildman–Crippen LogP) is 4.30. The molecule has 2 heterocycles. The summed E-state index contributed by atoms with van der Waals surface area (Å²) in [7, 11) is 0. The summed E-state index contributed by atoms with van der Waals surface area (Å²) in [6.07, 6.45) is -2.57. The molecule has 4 rings (SSSR count). The first-order valence-corrected chi connectivity index (χ1v) is 11.6. The topological polar surface area (TPSA) is 162 Å². The van der Waals surface area contributed by atoms with Crippen molar-refractivity contribution in [3.63, 3.8) is 0 Å². The van der Waals surface area contributed by atoms with Crippen LogP contribution in [0.2, 0.25) is 0 Å². The molecule has 1 fully saturated rings. The van der Waals surface area contributed by atoms with Gasteiger partial charge in [-0.25, -0.2) is 18.4 Å². The summed E-state index contributed by atoms with van der Waals surface area (Å²) < 4.78 is 63.3. The molecule has 2 amide bonds. The number of H-pyrrole nitrogens is 1. The molecule has 1 saturated heterocycles. The highest BCUT2D eigenvalue weighted by Gasteiger charge is 2.38. The summed E-state index contributed by atoms with van der Waals surface area (Å²) in [5, 5.41) is 19.4. The molecule has 0 aliphatic carbocycles. The maximum absolute atomic E-state index is 13.3. The molecule has 0 saturated carbocycles. The van der Waals surface area contributed by atoms with Crippen molar-refractivity contribution in [2.24, 2.45) is 5.73 Å². The molecule has 0 bridgehead atoms. The summed E-state index contributed by atoms with van der Waals surface area (Å²) in [5.74, 6) is -4.93. The quantitative estimate of drug-likeness (QED) is 0.304. The number of ether oxygens (including phenoxy) is 1. The van der Waals surface area contributed by atoms with Crippen LogP contribution in [0.15, 0.2) is 42.6 Å². The number of aromatic amines is 1. The monoisotopic (exact) mass is 635 g/mol. The number of fused-ring (bicyclic) bond motifs is 1. The zero-order chi connectivity index (χ0) is 29.6. The van der Waals surface area contributed by atoms with E-state index < -0.39 is 42.0 Å². The van der Waals surface area contributed by atoms with E-state index in [9.17, 15) is 36.8 Å². The summed E-state index contributed by atoms with van der Waals surface area (Å²) >= 11 is 0. The van der Waals surface area contributed by atoms with Gasteiger partial charge in [0, 0.05) is 35.4 Å². The van der Waals surface area contributed by atoms with Gasteiger partial charge in [0.15, 0.2) is 11.6 Å². The minimum Gasteiger partial charge on any atom is -0.475 e. The van der Waals surface area contributed by atoms with E-state index in [0.29, 0.717) is 13.0 Å². The van der Waals surface area contributed by atoms with Gasteiger partial charge in [0.1, 0.15) is 11.8 Å². The highest BCUT2D eigenvalue weighted by Crippen LogP contribution is 2.26. The molecule has 3 aromatic rings. The van der Waals surface area contributed by atoms with Crippen LogP contribution < -0.4 is 15.8 Å². The number of aromatic nitrogens is 1. The standard InChI is InChI=1S/C23H21F2N5O3.C2HF3O2.2H2S/c24-18-5-3-14(9-19(18)25)29-23(32)33-16-4-6-21-17(10-16)13(12-28-21)8-20(27)22(31)30-7-1-2-15(30)11-26;3-2(4,5)1(6)7;;/h3-6,9-10,12,15,20,28H,1-2,7-8,27H2,(H,29,32);(H,6,7);2*1H2/t15-,20-;;;/m0.../s1. The number of amides is 2. The number of aliphatic carboxylic acids is 1. The van der Waals surface area contributed by atoms with E-state index in [1.165, 1.54) is 11.0 Å². The lowest BCUT2D eigenvalue weighted by Gasteiger charge is -2.23. The van der Waals surface area contributed by atoms with Gasteiger partial charge >= 0.3 is 18.2 Å². The number of carbonyl (C=O) groups excluding carboxylic acids is 2. The number of nitriles is 1. The van der Waals surface area contributed by atoms with Crippen LogP contribution in [0, 0.1) is 23.0 Å². The zero-order valence-corrected chi connectivity index (χ0v) is 23.5. The lowest BCUT2D eigenvalue weighted by atomic mass is 10.0. The molecule has 10 nitrogen and oxygen atoms in total. The SMILES string of the molecule is N#C[C@@H]1CCCN1C(=O)[C@@H](N)Cc1c[nH]c2ccc(OC(=O)Nc3ccc(F)c(F)c3)cc12.O=C(O)C(F)(F)F.S.S. The van der Waals surface area contributed by atoms with Crippen molar-refractivity contribution < 1.29 is 46.2 Å². The van der Waals surface area contributed by atoms with Gasteiger partial charge in [0.2, 0.25) is 5.91 Å². The third-order valence-corrected chi connectivity index (χ3v) is 5.80. The van der Waals surface area contributed by atoms with E-state index in [2.05, 4.69) is 16.4 Å². The Bertz CT molecular complexity index is 1460. The number of carboxylic acids is 1. The lowest BCUT2D eigenvalue weighted by Crippen LogP contribution is -2.46. The summed E-state index contributed by atoms with van der Waals surface area (Å²) in [5.41, 5.74) is 7.72. The Morgan fingerprint density at radius 3 is 2.43 bits per heavy atom. The molecule has 228 valence electrons. The Kier molecular flexibility index (Phi) is 13.1. The number of hydrogen-bond donors (Lipinski definition) is 4. The van der Waals surface area contributed by atoms with Gasteiger partial charge in [-0.1, -0.05) is 0 Å². The number of hydrogen-bond acceptors (Lipinski definition) is 6. The van der Waals surface area contributed by atoms with Crippen LogP contribution in [0.5, 0.6) is 5.75 Å². The predicted molar refractivity (Wildman–Crippen MR) is 151 cm³/mol. The average molecular weight is 636 g/mol. The third kappa shape index (κ3) is 9.26. The van der Waals surface area contributed by atoms with Crippen LogP contribution >= 0.6 is 27.0 Å². The summed E-state index contributed by atoms with van der Waals surface area (Å²) in [4.78, 5) is 38.4. The molecule has 1 aliphatic rings. The number of rotatable bonds is 5. The molecule has 2 atom stereocenters. The molecule has 5 N–H and O–H groups in total. The van der Waals surface area contributed by atoms with E-state index >= 15 is 0 Å². The minimum atomic E-state index is -5.08. The van der Waals surface area contributed by atoms with Crippen LogP contribution in [0.1, 0.15) is 18.4 Å². The smallest absolute Gasteiger partial charge is 0.475 e. The van der Waals surface area contributed by atoms with Crippen molar-refractivity contribution in [1.29, 1.82) is 5.26 Å². The number of benzene rings is 2. The van der Waals surface area contributed by atoms with E-state index in [0.717, 1.165) is 35.0 Å².